The fraction of sp³-hybridized carbons (Fsp3) is 0.409. The third-order valence-electron chi connectivity index (χ3n) is 4.50. The Morgan fingerprint density at radius 3 is 2.46 bits per heavy atom. The lowest BCUT2D eigenvalue weighted by Gasteiger charge is -2.13. The Balaban J connectivity index is 1.63. The molecule has 0 aromatic heterocycles. The van der Waals surface area contributed by atoms with E-state index in [4.69, 9.17) is 14.2 Å². The molecule has 1 aliphatic rings. The molecule has 0 radical (unpaired) electrons. The molecule has 0 bridgehead atoms. The largest absolute Gasteiger partial charge is 0.493 e. The Bertz CT molecular complexity index is 764. The molecule has 0 spiro atoms. The molecule has 26 heavy (non-hydrogen) atoms. The van der Waals surface area contributed by atoms with E-state index >= 15 is 0 Å². The normalized spacial score (nSPS) is 18.5. The summed E-state index contributed by atoms with van der Waals surface area (Å²) in [5, 5.41) is 0. The van der Waals surface area contributed by atoms with Gasteiger partial charge in [-0.25, -0.2) is 0 Å². The molecule has 1 fully saturated rings. The lowest BCUT2D eigenvalue weighted by Crippen LogP contribution is -2.08. The smallest absolute Gasteiger partial charge is 0.309 e. The molecule has 0 amide bonds. The third-order valence-corrected chi connectivity index (χ3v) is 4.50. The zero-order valence-electron chi connectivity index (χ0n) is 15.8. The van der Waals surface area contributed by atoms with Crippen molar-refractivity contribution in [1.29, 1.82) is 0 Å². The van der Waals surface area contributed by atoms with Crippen molar-refractivity contribution < 1.29 is 19.0 Å². The Labute approximate surface area is 155 Å². The summed E-state index contributed by atoms with van der Waals surface area (Å²) in [7, 11) is 1.43. The van der Waals surface area contributed by atoms with E-state index in [0.717, 1.165) is 29.0 Å². The van der Waals surface area contributed by atoms with Crippen molar-refractivity contribution in [3.05, 3.63) is 48.0 Å². The number of aryl methyl sites for hydroxylation is 1. The second kappa shape index (κ2) is 7.81. The number of esters is 1. The molecule has 2 unspecified atom stereocenters. The van der Waals surface area contributed by atoms with Crippen LogP contribution in [0.5, 0.6) is 11.5 Å². The van der Waals surface area contributed by atoms with Gasteiger partial charge in [-0.3, -0.25) is 4.79 Å². The molecule has 0 N–H and O–H groups in total. The summed E-state index contributed by atoms with van der Waals surface area (Å²) < 4.78 is 16.4. The van der Waals surface area contributed by atoms with E-state index in [1.807, 2.05) is 44.2 Å². The van der Waals surface area contributed by atoms with Crippen LogP contribution in [0.15, 0.2) is 42.5 Å². The van der Waals surface area contributed by atoms with Crippen molar-refractivity contribution in [2.45, 2.75) is 33.3 Å². The van der Waals surface area contributed by atoms with Gasteiger partial charge in [-0.2, -0.15) is 0 Å². The van der Waals surface area contributed by atoms with E-state index in [1.165, 1.54) is 12.7 Å². The molecule has 4 heteroatoms. The molecule has 138 valence electrons. The van der Waals surface area contributed by atoms with Crippen LogP contribution in [0.2, 0.25) is 0 Å². The second-order valence-corrected chi connectivity index (χ2v) is 7.16. The van der Waals surface area contributed by atoms with Crippen molar-refractivity contribution in [2.24, 2.45) is 11.8 Å². The van der Waals surface area contributed by atoms with Gasteiger partial charge in [0.2, 0.25) is 0 Å². The third kappa shape index (κ3) is 4.57. The van der Waals surface area contributed by atoms with E-state index in [1.54, 1.807) is 0 Å². The first-order valence-corrected chi connectivity index (χ1v) is 9.05. The highest BCUT2D eigenvalue weighted by Gasteiger charge is 2.44. The van der Waals surface area contributed by atoms with Gasteiger partial charge in [-0.15, -0.1) is 0 Å². The van der Waals surface area contributed by atoms with Gasteiger partial charge in [0.05, 0.1) is 25.7 Å². The summed E-state index contributed by atoms with van der Waals surface area (Å²) in [6, 6.07) is 14.3. The van der Waals surface area contributed by atoms with Crippen molar-refractivity contribution in [2.75, 3.05) is 13.7 Å². The number of methoxy groups -OCH3 is 1. The highest BCUT2D eigenvalue weighted by Crippen LogP contribution is 2.39. The standard InChI is InChI=1S/C22H26O4/c1-14(2)26-20-10-15(3)9-17(11-20)16-5-7-19(8-6-16)25-13-18-12-21(18)22(23)24-4/h5-11,14,18,21H,12-13H2,1-4H3. The number of ether oxygens (including phenoxy) is 3. The Morgan fingerprint density at radius 2 is 1.81 bits per heavy atom. The second-order valence-electron chi connectivity index (χ2n) is 7.16. The first kappa shape index (κ1) is 18.3. The van der Waals surface area contributed by atoms with E-state index in [2.05, 4.69) is 19.1 Å². The van der Waals surface area contributed by atoms with Crippen molar-refractivity contribution >= 4 is 5.97 Å². The van der Waals surface area contributed by atoms with E-state index in [0.29, 0.717) is 6.61 Å². The fourth-order valence-electron chi connectivity index (χ4n) is 3.07. The molecule has 2 aromatic carbocycles. The Hall–Kier alpha value is -2.49. The number of carbonyl (C=O) groups is 1. The van der Waals surface area contributed by atoms with Crippen LogP contribution in [-0.2, 0) is 9.53 Å². The quantitative estimate of drug-likeness (QED) is 0.680. The van der Waals surface area contributed by atoms with Crippen LogP contribution in [0.4, 0.5) is 0 Å². The zero-order valence-corrected chi connectivity index (χ0v) is 15.8. The number of hydrogen-bond donors (Lipinski definition) is 0. The number of hydrogen-bond acceptors (Lipinski definition) is 4. The van der Waals surface area contributed by atoms with Gasteiger partial charge in [-0.1, -0.05) is 18.2 Å². The van der Waals surface area contributed by atoms with Crippen LogP contribution in [0, 0.1) is 18.8 Å². The fourth-order valence-corrected chi connectivity index (χ4v) is 3.07. The first-order chi connectivity index (χ1) is 12.5. The molecule has 2 atom stereocenters. The predicted molar refractivity (Wildman–Crippen MR) is 101 cm³/mol. The van der Waals surface area contributed by atoms with E-state index in [9.17, 15) is 4.79 Å². The lowest BCUT2D eigenvalue weighted by atomic mass is 10.0. The van der Waals surface area contributed by atoms with Crippen LogP contribution in [-0.4, -0.2) is 25.8 Å². The molecule has 1 aliphatic carbocycles. The summed E-state index contributed by atoms with van der Waals surface area (Å²) >= 11 is 0. The van der Waals surface area contributed by atoms with E-state index < -0.39 is 0 Å². The summed E-state index contributed by atoms with van der Waals surface area (Å²) in [4.78, 5) is 11.4. The maximum Gasteiger partial charge on any atom is 0.309 e. The van der Waals surface area contributed by atoms with E-state index in [-0.39, 0.29) is 23.9 Å². The minimum atomic E-state index is -0.132. The summed E-state index contributed by atoms with van der Waals surface area (Å²) in [6.45, 7) is 6.68. The maximum atomic E-state index is 11.4. The molecule has 0 saturated heterocycles. The number of benzene rings is 2. The maximum absolute atomic E-state index is 11.4. The molecule has 0 heterocycles. The minimum absolute atomic E-state index is 0.00551. The van der Waals surface area contributed by atoms with Gasteiger partial charge >= 0.3 is 5.97 Å². The van der Waals surface area contributed by atoms with Crippen LogP contribution in [0.1, 0.15) is 25.8 Å². The molecule has 4 nitrogen and oxygen atoms in total. The van der Waals surface area contributed by atoms with Gasteiger partial charge in [0.1, 0.15) is 11.5 Å². The molecule has 2 aromatic rings. The summed E-state index contributed by atoms with van der Waals surface area (Å²) in [5.41, 5.74) is 3.41. The van der Waals surface area contributed by atoms with Crippen molar-refractivity contribution in [3.8, 4) is 22.6 Å². The van der Waals surface area contributed by atoms with Gasteiger partial charge in [-0.05, 0) is 68.1 Å². The molecule has 1 saturated carbocycles. The zero-order chi connectivity index (χ0) is 18.7. The highest BCUT2D eigenvalue weighted by molar-refractivity contribution is 5.75. The van der Waals surface area contributed by atoms with Crippen molar-refractivity contribution in [1.82, 2.24) is 0 Å². The van der Waals surface area contributed by atoms with Gasteiger partial charge in [0.25, 0.3) is 0 Å². The predicted octanol–water partition coefficient (Wildman–Crippen LogP) is 4.64. The van der Waals surface area contributed by atoms with Crippen LogP contribution >= 0.6 is 0 Å². The molecular weight excluding hydrogens is 328 g/mol. The molecular formula is C22H26O4. The lowest BCUT2D eigenvalue weighted by molar-refractivity contribution is -0.142. The van der Waals surface area contributed by atoms with Gasteiger partial charge < -0.3 is 14.2 Å². The monoisotopic (exact) mass is 354 g/mol. The average Bonchev–Trinajstić information content (AvgIpc) is 3.38. The summed E-state index contributed by atoms with van der Waals surface area (Å²) in [6.07, 6.45) is 1.00. The summed E-state index contributed by atoms with van der Waals surface area (Å²) in [5.74, 6) is 1.85. The topological polar surface area (TPSA) is 44.8 Å². The van der Waals surface area contributed by atoms with Crippen LogP contribution in [0.25, 0.3) is 11.1 Å². The Morgan fingerprint density at radius 1 is 1.08 bits per heavy atom. The van der Waals surface area contributed by atoms with Crippen molar-refractivity contribution in [3.63, 3.8) is 0 Å². The van der Waals surface area contributed by atoms with Crippen LogP contribution < -0.4 is 9.47 Å². The molecule has 3 rings (SSSR count). The first-order valence-electron chi connectivity index (χ1n) is 9.05. The van der Waals surface area contributed by atoms with Gasteiger partial charge in [0, 0.05) is 5.92 Å². The van der Waals surface area contributed by atoms with Crippen LogP contribution in [0.3, 0.4) is 0 Å². The average molecular weight is 354 g/mol. The highest BCUT2D eigenvalue weighted by atomic mass is 16.5. The number of carbonyl (C=O) groups excluding carboxylic acids is 1. The molecule has 0 aliphatic heterocycles. The number of rotatable bonds is 7. The SMILES string of the molecule is COC(=O)C1CC1COc1ccc(-c2cc(C)cc(OC(C)C)c2)cc1. The minimum Gasteiger partial charge on any atom is -0.493 e. The van der Waals surface area contributed by atoms with Gasteiger partial charge in [0.15, 0.2) is 0 Å². The Kier molecular flexibility index (Phi) is 5.50.